The van der Waals surface area contributed by atoms with Gasteiger partial charge in [0.25, 0.3) is 0 Å². The molecule has 84 valence electrons. The highest BCUT2D eigenvalue weighted by atomic mass is 16.1. The van der Waals surface area contributed by atoms with Crippen LogP contribution in [0.3, 0.4) is 0 Å². The molecule has 0 bridgehead atoms. The molecule has 1 atom stereocenters. The van der Waals surface area contributed by atoms with E-state index in [0.29, 0.717) is 0 Å². The molecule has 0 amide bonds. The van der Waals surface area contributed by atoms with Crippen molar-refractivity contribution in [3.05, 3.63) is 36.0 Å². The second kappa shape index (κ2) is 8.18. The second-order valence-electron chi connectivity index (χ2n) is 3.54. The van der Waals surface area contributed by atoms with Gasteiger partial charge in [-0.2, -0.15) is 0 Å². The summed E-state index contributed by atoms with van der Waals surface area (Å²) in [5.74, 6) is 0.00921. The van der Waals surface area contributed by atoms with Crippen LogP contribution in [0.4, 0.5) is 0 Å². The van der Waals surface area contributed by atoms with Crippen LogP contribution >= 0.6 is 0 Å². The molecule has 15 heavy (non-hydrogen) atoms. The van der Waals surface area contributed by atoms with Gasteiger partial charge in [-0.3, -0.25) is 4.79 Å². The maximum atomic E-state index is 11.4. The highest BCUT2D eigenvalue weighted by Gasteiger charge is 2.10. The lowest BCUT2D eigenvalue weighted by atomic mass is 10.1. The van der Waals surface area contributed by atoms with Crippen LogP contribution in [0.5, 0.6) is 0 Å². The molecule has 2 N–H and O–H groups in total. The van der Waals surface area contributed by atoms with Crippen LogP contribution in [0, 0.1) is 0 Å². The summed E-state index contributed by atoms with van der Waals surface area (Å²) in [6.45, 7) is 5.95. The number of rotatable bonds is 2. The van der Waals surface area contributed by atoms with E-state index in [1.54, 1.807) is 13.0 Å². The molecule has 0 heterocycles. The Bertz CT molecular complexity index is 272. The van der Waals surface area contributed by atoms with Crippen LogP contribution in [-0.4, -0.2) is 11.8 Å². The topological polar surface area (TPSA) is 43.1 Å². The van der Waals surface area contributed by atoms with Gasteiger partial charge in [0.2, 0.25) is 0 Å². The number of hydrogen-bond acceptors (Lipinski definition) is 2. The van der Waals surface area contributed by atoms with Gasteiger partial charge in [0.05, 0.1) is 6.04 Å². The molecule has 1 unspecified atom stereocenters. The minimum atomic E-state index is -0.404. The SMILES string of the molecule is CC(N)C(=O)C1=CCC=CC=C1.CCC. The molecule has 1 rings (SSSR count). The van der Waals surface area contributed by atoms with Crippen molar-refractivity contribution in [3.63, 3.8) is 0 Å². The molecule has 0 radical (unpaired) electrons. The lowest BCUT2D eigenvalue weighted by Crippen LogP contribution is -2.27. The van der Waals surface area contributed by atoms with Gasteiger partial charge in [0.15, 0.2) is 5.78 Å². The quantitative estimate of drug-likeness (QED) is 0.756. The van der Waals surface area contributed by atoms with Crippen molar-refractivity contribution in [2.75, 3.05) is 0 Å². The van der Waals surface area contributed by atoms with E-state index < -0.39 is 6.04 Å². The van der Waals surface area contributed by atoms with Crippen LogP contribution in [-0.2, 0) is 4.79 Å². The Hall–Kier alpha value is -1.15. The molecule has 2 nitrogen and oxygen atoms in total. The van der Waals surface area contributed by atoms with Crippen molar-refractivity contribution in [3.8, 4) is 0 Å². The van der Waals surface area contributed by atoms with E-state index >= 15 is 0 Å². The predicted octanol–water partition coefficient (Wildman–Crippen LogP) is 2.76. The van der Waals surface area contributed by atoms with Crippen molar-refractivity contribution >= 4 is 5.78 Å². The third-order valence-corrected chi connectivity index (χ3v) is 1.69. The van der Waals surface area contributed by atoms with Crippen LogP contribution in [0.15, 0.2) is 36.0 Å². The number of allylic oxidation sites excluding steroid dienone is 5. The minimum Gasteiger partial charge on any atom is -0.321 e. The molecule has 0 aliphatic heterocycles. The fourth-order valence-corrected chi connectivity index (χ4v) is 1.03. The summed E-state index contributed by atoms with van der Waals surface area (Å²) in [5, 5.41) is 0. The molecule has 0 aromatic heterocycles. The summed E-state index contributed by atoms with van der Waals surface area (Å²) in [7, 11) is 0. The Labute approximate surface area is 92.6 Å². The number of Topliss-reactive ketones (excluding diaryl/α,β-unsaturated/α-hetero) is 1. The van der Waals surface area contributed by atoms with Crippen LogP contribution < -0.4 is 5.73 Å². The van der Waals surface area contributed by atoms with Crippen molar-refractivity contribution in [2.24, 2.45) is 5.73 Å². The maximum Gasteiger partial charge on any atom is 0.178 e. The molecule has 0 aromatic rings. The summed E-state index contributed by atoms with van der Waals surface area (Å²) in [6, 6.07) is -0.404. The predicted molar refractivity (Wildman–Crippen MR) is 65.6 cm³/mol. The van der Waals surface area contributed by atoms with Gasteiger partial charge in [-0.1, -0.05) is 50.6 Å². The van der Waals surface area contributed by atoms with Gasteiger partial charge < -0.3 is 5.73 Å². The standard InChI is InChI=1S/C10H13NO.C3H8/c1-8(11)10(12)9-6-4-2-3-5-7-9;1-3-2/h2-4,6-8H,5,11H2,1H3;3H2,1-2H3. The first-order valence-corrected chi connectivity index (χ1v) is 5.46. The van der Waals surface area contributed by atoms with E-state index in [-0.39, 0.29) is 5.78 Å². The Kier molecular flexibility index (Phi) is 7.56. The number of nitrogens with two attached hydrogens (primary N) is 1. The monoisotopic (exact) mass is 207 g/mol. The lowest BCUT2D eigenvalue weighted by Gasteiger charge is -2.03. The molecule has 1 aliphatic carbocycles. The normalized spacial score (nSPS) is 15.9. The molecule has 0 fully saturated rings. The average Bonchev–Trinajstić information content (AvgIpc) is 2.45. The van der Waals surface area contributed by atoms with E-state index in [1.165, 1.54) is 6.42 Å². The minimum absolute atomic E-state index is 0.00921. The Balaban J connectivity index is 0.000000583. The first-order chi connectivity index (χ1) is 7.13. The first kappa shape index (κ1) is 13.8. The first-order valence-electron chi connectivity index (χ1n) is 5.46. The van der Waals surface area contributed by atoms with Gasteiger partial charge in [0, 0.05) is 5.57 Å². The smallest absolute Gasteiger partial charge is 0.178 e. The third-order valence-electron chi connectivity index (χ3n) is 1.69. The molecule has 0 saturated carbocycles. The molecular weight excluding hydrogens is 186 g/mol. The second-order valence-corrected chi connectivity index (χ2v) is 3.54. The number of carbonyl (C=O) groups is 1. The highest BCUT2D eigenvalue weighted by molar-refractivity contribution is 6.01. The van der Waals surface area contributed by atoms with E-state index in [0.717, 1.165) is 12.0 Å². The van der Waals surface area contributed by atoms with Gasteiger partial charge in [-0.05, 0) is 13.3 Å². The third kappa shape index (κ3) is 6.02. The van der Waals surface area contributed by atoms with Crippen molar-refractivity contribution in [1.82, 2.24) is 0 Å². The van der Waals surface area contributed by atoms with Crippen LogP contribution in [0.2, 0.25) is 0 Å². The largest absolute Gasteiger partial charge is 0.321 e. The van der Waals surface area contributed by atoms with Gasteiger partial charge in [-0.15, -0.1) is 0 Å². The molecular formula is C13H21NO. The zero-order valence-electron chi connectivity index (χ0n) is 9.86. The number of ketones is 1. The Morgan fingerprint density at radius 1 is 1.47 bits per heavy atom. The van der Waals surface area contributed by atoms with Gasteiger partial charge in [0.1, 0.15) is 0 Å². The summed E-state index contributed by atoms with van der Waals surface area (Å²) in [4.78, 5) is 11.4. The summed E-state index contributed by atoms with van der Waals surface area (Å²) in [5.41, 5.74) is 6.19. The lowest BCUT2D eigenvalue weighted by molar-refractivity contribution is -0.116. The number of hydrogen-bond donors (Lipinski definition) is 1. The van der Waals surface area contributed by atoms with E-state index in [1.807, 2.05) is 24.3 Å². The molecule has 1 aliphatic rings. The van der Waals surface area contributed by atoms with E-state index in [2.05, 4.69) is 13.8 Å². The Morgan fingerprint density at radius 2 is 2.07 bits per heavy atom. The average molecular weight is 207 g/mol. The van der Waals surface area contributed by atoms with Gasteiger partial charge >= 0.3 is 0 Å². The molecule has 0 saturated heterocycles. The Morgan fingerprint density at radius 3 is 2.60 bits per heavy atom. The summed E-state index contributed by atoms with van der Waals surface area (Å²) in [6.07, 6.45) is 11.5. The molecule has 0 spiro atoms. The zero-order valence-corrected chi connectivity index (χ0v) is 9.86. The van der Waals surface area contributed by atoms with E-state index in [4.69, 9.17) is 5.73 Å². The maximum absolute atomic E-state index is 11.4. The van der Waals surface area contributed by atoms with Crippen LogP contribution in [0.1, 0.15) is 33.6 Å². The van der Waals surface area contributed by atoms with Gasteiger partial charge in [-0.25, -0.2) is 0 Å². The van der Waals surface area contributed by atoms with E-state index in [9.17, 15) is 4.79 Å². The molecule has 2 heteroatoms. The summed E-state index contributed by atoms with van der Waals surface area (Å²) >= 11 is 0. The van der Waals surface area contributed by atoms with Crippen molar-refractivity contribution in [2.45, 2.75) is 39.7 Å². The molecule has 0 aromatic carbocycles. The van der Waals surface area contributed by atoms with Crippen molar-refractivity contribution < 1.29 is 4.79 Å². The highest BCUT2D eigenvalue weighted by Crippen LogP contribution is 2.07. The number of carbonyl (C=O) groups excluding carboxylic acids is 1. The van der Waals surface area contributed by atoms with Crippen molar-refractivity contribution in [1.29, 1.82) is 0 Å². The fraction of sp³-hybridized carbons (Fsp3) is 0.462. The van der Waals surface area contributed by atoms with Crippen LogP contribution in [0.25, 0.3) is 0 Å². The fourth-order valence-electron chi connectivity index (χ4n) is 1.03. The zero-order chi connectivity index (χ0) is 11.7. The summed E-state index contributed by atoms with van der Waals surface area (Å²) < 4.78 is 0.